The third-order valence-corrected chi connectivity index (χ3v) is 5.54. The fraction of sp³-hybridized carbons (Fsp3) is 0.786. The fourth-order valence-electron chi connectivity index (χ4n) is 3.02. The Labute approximate surface area is 114 Å². The van der Waals surface area contributed by atoms with E-state index >= 15 is 0 Å². The van der Waals surface area contributed by atoms with Gasteiger partial charge in [0.2, 0.25) is 0 Å². The van der Waals surface area contributed by atoms with E-state index in [1.165, 1.54) is 60.9 Å². The van der Waals surface area contributed by atoms with Crippen molar-refractivity contribution in [3.8, 4) is 0 Å². The van der Waals surface area contributed by atoms with Crippen molar-refractivity contribution in [3.05, 3.63) is 10.6 Å². The summed E-state index contributed by atoms with van der Waals surface area (Å²) in [5.41, 5.74) is 1.34. The van der Waals surface area contributed by atoms with Crippen LogP contribution in [0.15, 0.2) is 0 Å². The van der Waals surface area contributed by atoms with E-state index in [2.05, 4.69) is 24.2 Å². The van der Waals surface area contributed by atoms with Crippen LogP contribution in [0, 0.1) is 5.92 Å². The Hall–Kier alpha value is -0.610. The zero-order valence-electron chi connectivity index (χ0n) is 11.4. The van der Waals surface area contributed by atoms with Gasteiger partial charge in [-0.25, -0.2) is 4.98 Å². The van der Waals surface area contributed by atoms with E-state index in [1.54, 1.807) is 0 Å². The van der Waals surface area contributed by atoms with Crippen molar-refractivity contribution in [2.75, 3.05) is 25.0 Å². The van der Waals surface area contributed by atoms with Gasteiger partial charge in [0.1, 0.15) is 0 Å². The topological polar surface area (TPSA) is 28.2 Å². The van der Waals surface area contributed by atoms with E-state index in [0.29, 0.717) is 6.04 Å². The molecular weight excluding hydrogens is 242 g/mol. The molecule has 1 aromatic rings. The van der Waals surface area contributed by atoms with Crippen LogP contribution in [0.3, 0.4) is 0 Å². The molecule has 18 heavy (non-hydrogen) atoms. The molecule has 1 aromatic heterocycles. The van der Waals surface area contributed by atoms with Crippen molar-refractivity contribution < 1.29 is 0 Å². The molecule has 0 saturated carbocycles. The zero-order chi connectivity index (χ0) is 12.5. The Morgan fingerprint density at radius 1 is 1.28 bits per heavy atom. The van der Waals surface area contributed by atoms with Gasteiger partial charge in [0, 0.05) is 18.0 Å². The summed E-state index contributed by atoms with van der Waals surface area (Å²) in [7, 11) is 2.06. The number of nitrogens with one attached hydrogen (secondary N) is 1. The average Bonchev–Trinajstić information content (AvgIpc) is 2.83. The van der Waals surface area contributed by atoms with Crippen LogP contribution in [-0.2, 0) is 6.42 Å². The molecule has 2 heterocycles. The van der Waals surface area contributed by atoms with Gasteiger partial charge in [0.05, 0.1) is 11.7 Å². The van der Waals surface area contributed by atoms with Crippen LogP contribution in [0.4, 0.5) is 5.13 Å². The summed E-state index contributed by atoms with van der Waals surface area (Å²) < 4.78 is 0. The Bertz CT molecular complexity index is 407. The molecule has 1 fully saturated rings. The second-order valence-electron chi connectivity index (χ2n) is 5.71. The molecule has 1 atom stereocenters. The number of rotatable bonds is 2. The number of thiazole rings is 1. The van der Waals surface area contributed by atoms with Gasteiger partial charge in [-0.1, -0.05) is 6.92 Å². The van der Waals surface area contributed by atoms with E-state index in [9.17, 15) is 0 Å². The van der Waals surface area contributed by atoms with Crippen LogP contribution < -0.4 is 10.2 Å². The first-order chi connectivity index (χ1) is 8.78. The number of piperidine rings is 1. The highest BCUT2D eigenvalue weighted by Gasteiger charge is 2.26. The second kappa shape index (κ2) is 5.17. The third-order valence-electron chi connectivity index (χ3n) is 4.35. The minimum Gasteiger partial charge on any atom is -0.348 e. The summed E-state index contributed by atoms with van der Waals surface area (Å²) in [5.74, 6) is 0.890. The largest absolute Gasteiger partial charge is 0.348 e. The first-order valence-corrected chi connectivity index (χ1v) is 8.01. The number of aryl methyl sites for hydroxylation is 1. The molecule has 100 valence electrons. The van der Waals surface area contributed by atoms with E-state index in [4.69, 9.17) is 4.98 Å². The molecule has 1 aliphatic heterocycles. The number of aromatic nitrogens is 1. The zero-order valence-corrected chi connectivity index (χ0v) is 12.2. The summed E-state index contributed by atoms with van der Waals surface area (Å²) >= 11 is 1.94. The lowest BCUT2D eigenvalue weighted by Gasteiger charge is -2.29. The maximum absolute atomic E-state index is 4.93. The first kappa shape index (κ1) is 12.4. The highest BCUT2D eigenvalue weighted by Crippen LogP contribution is 2.37. The molecule has 1 unspecified atom stereocenters. The molecular formula is C14H23N3S. The summed E-state index contributed by atoms with van der Waals surface area (Å²) in [6.45, 7) is 4.75. The number of fused-ring (bicyclic) bond motifs is 1. The molecule has 0 spiro atoms. The number of hydrogen-bond donors (Lipinski definition) is 1. The first-order valence-electron chi connectivity index (χ1n) is 7.19. The molecule has 0 amide bonds. The van der Waals surface area contributed by atoms with Crippen molar-refractivity contribution in [2.45, 2.75) is 45.1 Å². The Morgan fingerprint density at radius 3 is 2.78 bits per heavy atom. The molecule has 4 heteroatoms. The molecule has 1 saturated heterocycles. The molecule has 0 bridgehead atoms. The minimum absolute atomic E-state index is 0.488. The lowest BCUT2D eigenvalue weighted by molar-refractivity contribution is 0.437. The number of nitrogens with zero attached hydrogens (tertiary/aromatic N) is 2. The molecule has 0 aromatic carbocycles. The number of anilines is 1. The maximum atomic E-state index is 4.93. The predicted octanol–water partition coefficient (Wildman–Crippen LogP) is 2.98. The molecule has 1 N–H and O–H groups in total. The van der Waals surface area contributed by atoms with Gasteiger partial charge in [-0.2, -0.15) is 0 Å². The number of hydrogen-bond acceptors (Lipinski definition) is 4. The van der Waals surface area contributed by atoms with Crippen LogP contribution in [-0.4, -0.2) is 25.1 Å². The van der Waals surface area contributed by atoms with Crippen LogP contribution in [0.5, 0.6) is 0 Å². The van der Waals surface area contributed by atoms with Gasteiger partial charge in [-0.15, -0.1) is 11.3 Å². The van der Waals surface area contributed by atoms with Crippen molar-refractivity contribution >= 4 is 16.5 Å². The predicted molar refractivity (Wildman–Crippen MR) is 77.5 cm³/mol. The normalized spacial score (nSPS) is 25.2. The standard InChI is InChI=1S/C14H23N3S/c1-10-6-8-17(9-7-10)14-16-13-11(15-2)4-3-5-12(13)18-14/h10-11,15H,3-9H2,1-2H3. The molecule has 0 radical (unpaired) electrons. The molecule has 1 aliphatic carbocycles. The van der Waals surface area contributed by atoms with E-state index in [1.807, 2.05) is 11.3 Å². The summed E-state index contributed by atoms with van der Waals surface area (Å²) in [4.78, 5) is 8.95. The van der Waals surface area contributed by atoms with Gasteiger partial charge >= 0.3 is 0 Å². The van der Waals surface area contributed by atoms with Gasteiger partial charge in [0.25, 0.3) is 0 Å². The third kappa shape index (κ3) is 2.28. The van der Waals surface area contributed by atoms with Gasteiger partial charge in [-0.05, 0) is 45.1 Å². The van der Waals surface area contributed by atoms with Crippen molar-refractivity contribution in [1.82, 2.24) is 10.3 Å². The van der Waals surface area contributed by atoms with E-state index in [-0.39, 0.29) is 0 Å². The minimum atomic E-state index is 0.488. The van der Waals surface area contributed by atoms with Crippen molar-refractivity contribution in [1.29, 1.82) is 0 Å². The van der Waals surface area contributed by atoms with Crippen LogP contribution in [0.25, 0.3) is 0 Å². The summed E-state index contributed by atoms with van der Waals surface area (Å²) in [5, 5.41) is 4.68. The van der Waals surface area contributed by atoms with Crippen molar-refractivity contribution in [3.63, 3.8) is 0 Å². The smallest absolute Gasteiger partial charge is 0.185 e. The monoisotopic (exact) mass is 265 g/mol. The van der Waals surface area contributed by atoms with Crippen LogP contribution in [0.1, 0.15) is 49.2 Å². The second-order valence-corrected chi connectivity index (χ2v) is 6.77. The SMILES string of the molecule is CNC1CCCc2sc(N3CCC(C)CC3)nc21. The van der Waals surface area contributed by atoms with Gasteiger partial charge in [0.15, 0.2) is 5.13 Å². The molecule has 2 aliphatic rings. The maximum Gasteiger partial charge on any atom is 0.185 e. The van der Waals surface area contributed by atoms with Crippen LogP contribution >= 0.6 is 11.3 Å². The Balaban J connectivity index is 1.80. The van der Waals surface area contributed by atoms with Gasteiger partial charge in [-0.3, -0.25) is 0 Å². The lowest BCUT2D eigenvalue weighted by Crippen LogP contribution is -2.32. The van der Waals surface area contributed by atoms with E-state index in [0.717, 1.165) is 5.92 Å². The quantitative estimate of drug-likeness (QED) is 0.891. The Morgan fingerprint density at radius 2 is 2.06 bits per heavy atom. The summed E-state index contributed by atoms with van der Waals surface area (Å²) in [6, 6.07) is 0.488. The molecule has 3 rings (SSSR count). The average molecular weight is 265 g/mol. The summed E-state index contributed by atoms with van der Waals surface area (Å²) in [6.07, 6.45) is 6.41. The van der Waals surface area contributed by atoms with Crippen molar-refractivity contribution in [2.24, 2.45) is 5.92 Å². The highest BCUT2D eigenvalue weighted by atomic mass is 32.1. The Kier molecular flexibility index (Phi) is 3.57. The van der Waals surface area contributed by atoms with E-state index < -0.39 is 0 Å². The van der Waals surface area contributed by atoms with Gasteiger partial charge < -0.3 is 10.2 Å². The lowest BCUT2D eigenvalue weighted by atomic mass is 9.98. The van der Waals surface area contributed by atoms with Crippen LogP contribution in [0.2, 0.25) is 0 Å². The highest BCUT2D eigenvalue weighted by molar-refractivity contribution is 7.15. The molecule has 3 nitrogen and oxygen atoms in total. The fourth-order valence-corrected chi connectivity index (χ4v) is 4.24.